The Labute approximate surface area is 288 Å². The first kappa shape index (κ1) is 36.2. The van der Waals surface area contributed by atoms with E-state index in [4.69, 9.17) is 23.7 Å². The standard InChI is InChI=1S/C39H48O10/c1-11-20(3)34(42)47-31-28-27(37(28,9)10)30(45-25(8)40)24(7)32(41)38-19-23(6)33(48-35(43)21(4)12-2)39(38,49-38)18-22(5)29(31)46-36(44)26-16-14-13-15-17-26/h11-18,23-24,27-31,33H,19H2,1-10H3. The zero-order valence-corrected chi connectivity index (χ0v) is 30.0. The molecule has 1 aromatic rings. The van der Waals surface area contributed by atoms with Crippen LogP contribution < -0.4 is 0 Å². The molecule has 264 valence electrons. The molecule has 1 saturated heterocycles. The van der Waals surface area contributed by atoms with Gasteiger partial charge in [-0.1, -0.05) is 58.0 Å². The number of ether oxygens (including phenoxy) is 5. The van der Waals surface area contributed by atoms with Crippen molar-refractivity contribution in [2.24, 2.45) is 29.1 Å². The summed E-state index contributed by atoms with van der Waals surface area (Å²) in [5.41, 5.74) is -1.87. The number of carbonyl (C=O) groups is 5. The van der Waals surface area contributed by atoms with Gasteiger partial charge in [-0.05, 0) is 76.2 Å². The average molecular weight is 677 g/mol. The van der Waals surface area contributed by atoms with Gasteiger partial charge in [-0.2, -0.15) is 0 Å². The van der Waals surface area contributed by atoms with E-state index in [0.717, 1.165) is 0 Å². The van der Waals surface area contributed by atoms with Gasteiger partial charge in [0.25, 0.3) is 0 Å². The molecule has 0 aromatic heterocycles. The molecule has 5 rings (SSSR count). The fourth-order valence-corrected chi connectivity index (χ4v) is 8.26. The number of hydrogen-bond acceptors (Lipinski definition) is 10. The fraction of sp³-hybridized carbons (Fsp3) is 0.564. The van der Waals surface area contributed by atoms with Gasteiger partial charge in [0.15, 0.2) is 23.1 Å². The number of Topliss-reactive ketones (excluding diaryl/α,β-unsaturated/α-hetero) is 1. The second kappa shape index (κ2) is 13.0. The number of allylic oxidation sites excluding steroid dienone is 2. The van der Waals surface area contributed by atoms with Crippen LogP contribution in [0.1, 0.15) is 86.0 Å². The summed E-state index contributed by atoms with van der Waals surface area (Å²) in [6.07, 6.45) is 1.31. The summed E-state index contributed by atoms with van der Waals surface area (Å²) in [6, 6.07) is 8.48. The Morgan fingerprint density at radius 3 is 1.98 bits per heavy atom. The quantitative estimate of drug-likeness (QED) is 0.113. The fourth-order valence-electron chi connectivity index (χ4n) is 8.26. The van der Waals surface area contributed by atoms with Gasteiger partial charge < -0.3 is 23.7 Å². The summed E-state index contributed by atoms with van der Waals surface area (Å²) in [4.78, 5) is 67.7. The van der Waals surface area contributed by atoms with E-state index < -0.39 is 82.7 Å². The van der Waals surface area contributed by atoms with Crippen molar-refractivity contribution in [1.29, 1.82) is 0 Å². The lowest BCUT2D eigenvalue weighted by atomic mass is 9.80. The summed E-state index contributed by atoms with van der Waals surface area (Å²) >= 11 is 0. The lowest BCUT2D eigenvalue weighted by Crippen LogP contribution is -2.43. The number of carbonyl (C=O) groups excluding carboxylic acids is 5. The van der Waals surface area contributed by atoms with E-state index in [0.29, 0.717) is 22.3 Å². The molecular weight excluding hydrogens is 628 g/mol. The average Bonchev–Trinajstić information content (AvgIpc) is 3.86. The third-order valence-electron chi connectivity index (χ3n) is 11.2. The Hall–Kier alpha value is -4.05. The maximum atomic E-state index is 14.7. The Morgan fingerprint density at radius 2 is 1.41 bits per heavy atom. The predicted molar refractivity (Wildman–Crippen MR) is 179 cm³/mol. The highest BCUT2D eigenvalue weighted by atomic mass is 16.7. The van der Waals surface area contributed by atoms with Crippen molar-refractivity contribution < 1.29 is 47.7 Å². The molecule has 0 spiro atoms. The Balaban J connectivity index is 1.73. The van der Waals surface area contributed by atoms with E-state index in [1.807, 2.05) is 20.8 Å². The van der Waals surface area contributed by atoms with Crippen LogP contribution in [0.4, 0.5) is 0 Å². The topological polar surface area (TPSA) is 135 Å². The van der Waals surface area contributed by atoms with Gasteiger partial charge >= 0.3 is 23.9 Å². The molecule has 10 heteroatoms. The van der Waals surface area contributed by atoms with Crippen LogP contribution in [0.25, 0.3) is 0 Å². The van der Waals surface area contributed by atoms with Crippen molar-refractivity contribution in [3.05, 3.63) is 70.8 Å². The summed E-state index contributed by atoms with van der Waals surface area (Å²) in [5, 5.41) is 0. The number of fused-ring (bicyclic) bond motifs is 1. The highest BCUT2D eigenvalue weighted by molar-refractivity contribution is 5.96. The van der Waals surface area contributed by atoms with Crippen molar-refractivity contribution in [2.75, 3.05) is 0 Å². The molecule has 10 atom stereocenters. The van der Waals surface area contributed by atoms with Crippen molar-refractivity contribution >= 4 is 29.7 Å². The van der Waals surface area contributed by atoms with Gasteiger partial charge in [0.2, 0.25) is 0 Å². The van der Waals surface area contributed by atoms with Gasteiger partial charge in [-0.3, -0.25) is 9.59 Å². The summed E-state index contributed by atoms with van der Waals surface area (Å²) < 4.78 is 31.1. The minimum absolute atomic E-state index is 0.254. The van der Waals surface area contributed by atoms with Crippen molar-refractivity contribution in [1.82, 2.24) is 0 Å². The lowest BCUT2D eigenvalue weighted by molar-refractivity contribution is -0.157. The Bertz CT molecular complexity index is 1640. The largest absolute Gasteiger partial charge is 0.461 e. The summed E-state index contributed by atoms with van der Waals surface area (Å²) in [7, 11) is 0. The molecule has 4 aliphatic rings. The van der Waals surface area contributed by atoms with Crippen LogP contribution in [0, 0.1) is 29.1 Å². The third kappa shape index (κ3) is 6.06. The van der Waals surface area contributed by atoms with Gasteiger partial charge in [0, 0.05) is 29.9 Å². The summed E-state index contributed by atoms with van der Waals surface area (Å²) in [5.74, 6) is -4.65. The van der Waals surface area contributed by atoms with E-state index in [1.165, 1.54) is 6.92 Å². The SMILES string of the molecule is CC=C(C)C(=O)OC1C(OC(=O)c2ccccc2)C(C)=CC23OC2(CC(C)C3OC(=O)C(C)=CC)C(=O)C(C)C(OC(C)=O)C2C1C2(C)C. The molecule has 0 amide bonds. The molecule has 49 heavy (non-hydrogen) atoms. The molecule has 1 aromatic carbocycles. The van der Waals surface area contributed by atoms with E-state index >= 15 is 0 Å². The number of benzene rings is 1. The van der Waals surface area contributed by atoms with Gasteiger partial charge in [-0.15, -0.1) is 0 Å². The zero-order valence-electron chi connectivity index (χ0n) is 30.0. The highest BCUT2D eigenvalue weighted by Gasteiger charge is 2.84. The van der Waals surface area contributed by atoms with Crippen LogP contribution in [-0.4, -0.2) is 65.3 Å². The van der Waals surface area contributed by atoms with Crippen LogP contribution in [0.5, 0.6) is 0 Å². The highest BCUT2D eigenvalue weighted by Crippen LogP contribution is 2.69. The number of hydrogen-bond donors (Lipinski definition) is 0. The zero-order chi connectivity index (χ0) is 36.2. The molecular formula is C39H48O10. The molecule has 2 saturated carbocycles. The number of rotatable bonds is 7. The Kier molecular flexibility index (Phi) is 9.62. The number of epoxide rings is 1. The second-order valence-electron chi connectivity index (χ2n) is 14.7. The molecule has 10 unspecified atom stereocenters. The minimum Gasteiger partial charge on any atom is -0.461 e. The van der Waals surface area contributed by atoms with E-state index in [1.54, 1.807) is 90.1 Å². The minimum atomic E-state index is -1.40. The smallest absolute Gasteiger partial charge is 0.338 e. The second-order valence-corrected chi connectivity index (χ2v) is 14.7. The van der Waals surface area contributed by atoms with E-state index in [-0.39, 0.29) is 18.1 Å². The molecule has 3 fully saturated rings. The number of esters is 4. The normalized spacial score (nSPS) is 36.4. The molecule has 0 radical (unpaired) electrons. The first-order valence-electron chi connectivity index (χ1n) is 17.0. The van der Waals surface area contributed by atoms with Crippen molar-refractivity contribution in [3.63, 3.8) is 0 Å². The lowest BCUT2D eigenvalue weighted by Gasteiger charge is -2.31. The first-order chi connectivity index (χ1) is 23.0. The van der Waals surface area contributed by atoms with E-state index in [9.17, 15) is 24.0 Å². The maximum Gasteiger partial charge on any atom is 0.338 e. The maximum absolute atomic E-state index is 14.7. The molecule has 1 aliphatic heterocycles. The van der Waals surface area contributed by atoms with Crippen molar-refractivity contribution in [3.8, 4) is 0 Å². The molecule has 10 nitrogen and oxygen atoms in total. The number of ketones is 1. The molecule has 1 heterocycles. The molecule has 0 bridgehead atoms. The van der Waals surface area contributed by atoms with Gasteiger partial charge in [-0.25, -0.2) is 14.4 Å². The van der Waals surface area contributed by atoms with E-state index in [2.05, 4.69) is 0 Å². The van der Waals surface area contributed by atoms with Crippen LogP contribution in [-0.2, 0) is 42.9 Å². The first-order valence-corrected chi connectivity index (χ1v) is 17.0. The van der Waals surface area contributed by atoms with Crippen LogP contribution in [0.2, 0.25) is 0 Å². The van der Waals surface area contributed by atoms with Crippen molar-refractivity contribution in [2.45, 2.75) is 111 Å². The monoisotopic (exact) mass is 676 g/mol. The third-order valence-corrected chi connectivity index (χ3v) is 11.2. The predicted octanol–water partition coefficient (Wildman–Crippen LogP) is 5.88. The van der Waals surface area contributed by atoms with Crippen LogP contribution in [0.3, 0.4) is 0 Å². The van der Waals surface area contributed by atoms with Crippen LogP contribution in [0.15, 0.2) is 65.3 Å². The molecule has 3 aliphatic carbocycles. The van der Waals surface area contributed by atoms with Crippen LogP contribution >= 0.6 is 0 Å². The molecule has 0 N–H and O–H groups in total. The summed E-state index contributed by atoms with van der Waals surface area (Å²) in [6.45, 7) is 17.3. The van der Waals surface area contributed by atoms with Gasteiger partial charge in [0.05, 0.1) is 11.5 Å². The Morgan fingerprint density at radius 1 is 0.837 bits per heavy atom. The van der Waals surface area contributed by atoms with Gasteiger partial charge in [0.1, 0.15) is 18.3 Å².